The highest BCUT2D eigenvalue weighted by molar-refractivity contribution is 4.72. The molecule has 1 fully saturated rings. The van der Waals surface area contributed by atoms with Crippen LogP contribution in [-0.2, 0) is 4.74 Å². The van der Waals surface area contributed by atoms with E-state index in [2.05, 4.69) is 16.7 Å². The third-order valence-corrected chi connectivity index (χ3v) is 2.68. The first-order valence-corrected chi connectivity index (χ1v) is 4.88. The first-order valence-electron chi connectivity index (χ1n) is 4.88. The lowest BCUT2D eigenvalue weighted by Crippen LogP contribution is -2.50. The van der Waals surface area contributed by atoms with E-state index in [0.29, 0.717) is 0 Å². The molecule has 1 aliphatic heterocycles. The van der Waals surface area contributed by atoms with Crippen LogP contribution >= 0.6 is 0 Å². The lowest BCUT2D eigenvalue weighted by molar-refractivity contribution is -0.0427. The highest BCUT2D eigenvalue weighted by atomic mass is 16.5. The Kier molecular flexibility index (Phi) is 4.66. The maximum atomic E-state index is 8.76. The summed E-state index contributed by atoms with van der Waals surface area (Å²) in [6, 6.07) is 0. The molecule has 1 saturated heterocycles. The summed E-state index contributed by atoms with van der Waals surface area (Å²) in [6.45, 7) is 7.28. The van der Waals surface area contributed by atoms with Crippen LogP contribution in [0.5, 0.6) is 0 Å². The van der Waals surface area contributed by atoms with E-state index in [1.54, 1.807) is 7.11 Å². The van der Waals surface area contributed by atoms with E-state index in [-0.39, 0.29) is 12.8 Å². The first-order chi connectivity index (χ1) is 6.27. The molecule has 0 aromatic heterocycles. The fourth-order valence-electron chi connectivity index (χ4n) is 1.64. The largest absolute Gasteiger partial charge is 0.395 e. The second-order valence-electron chi connectivity index (χ2n) is 3.44. The van der Waals surface area contributed by atoms with Crippen molar-refractivity contribution in [3.05, 3.63) is 0 Å². The Bertz CT molecular complexity index is 136. The van der Waals surface area contributed by atoms with Crippen molar-refractivity contribution < 1.29 is 9.84 Å². The van der Waals surface area contributed by atoms with Crippen molar-refractivity contribution in [2.24, 2.45) is 0 Å². The number of aliphatic hydroxyl groups is 1. The molecule has 78 valence electrons. The smallest absolute Gasteiger partial charge is 0.107 e. The SMILES string of the molecule is COC(C)N1CCN(CCO)CC1. The van der Waals surface area contributed by atoms with E-state index in [0.717, 1.165) is 32.7 Å². The molecule has 0 saturated carbocycles. The maximum absolute atomic E-state index is 8.76. The summed E-state index contributed by atoms with van der Waals surface area (Å²) in [4.78, 5) is 4.59. The van der Waals surface area contributed by atoms with Gasteiger partial charge in [-0.1, -0.05) is 0 Å². The molecular weight excluding hydrogens is 168 g/mol. The summed E-state index contributed by atoms with van der Waals surface area (Å²) in [7, 11) is 1.74. The summed E-state index contributed by atoms with van der Waals surface area (Å²) in [5.41, 5.74) is 0. The van der Waals surface area contributed by atoms with Gasteiger partial charge in [-0.05, 0) is 6.92 Å². The molecule has 4 heteroatoms. The van der Waals surface area contributed by atoms with E-state index in [1.807, 2.05) is 0 Å². The van der Waals surface area contributed by atoms with Crippen molar-refractivity contribution in [3.8, 4) is 0 Å². The minimum Gasteiger partial charge on any atom is -0.395 e. The van der Waals surface area contributed by atoms with Crippen LogP contribution in [-0.4, -0.2) is 67.6 Å². The van der Waals surface area contributed by atoms with Gasteiger partial charge in [0.15, 0.2) is 0 Å². The number of aliphatic hydroxyl groups excluding tert-OH is 1. The summed E-state index contributed by atoms with van der Waals surface area (Å²) in [5, 5.41) is 8.76. The minimum atomic E-state index is 0.219. The normalized spacial score (nSPS) is 23.3. The molecule has 0 aliphatic carbocycles. The second-order valence-corrected chi connectivity index (χ2v) is 3.44. The van der Waals surface area contributed by atoms with Crippen molar-refractivity contribution >= 4 is 0 Å². The molecule has 0 spiro atoms. The highest BCUT2D eigenvalue weighted by Gasteiger charge is 2.19. The van der Waals surface area contributed by atoms with Gasteiger partial charge in [0.05, 0.1) is 6.61 Å². The van der Waals surface area contributed by atoms with Gasteiger partial charge in [0, 0.05) is 39.8 Å². The first kappa shape index (κ1) is 10.9. The molecule has 0 aromatic carbocycles. The van der Waals surface area contributed by atoms with Gasteiger partial charge in [0.1, 0.15) is 6.23 Å². The van der Waals surface area contributed by atoms with Gasteiger partial charge in [-0.2, -0.15) is 0 Å². The van der Waals surface area contributed by atoms with Gasteiger partial charge in [0.25, 0.3) is 0 Å². The zero-order valence-corrected chi connectivity index (χ0v) is 8.57. The zero-order valence-electron chi connectivity index (χ0n) is 8.57. The van der Waals surface area contributed by atoms with Gasteiger partial charge >= 0.3 is 0 Å². The molecule has 4 nitrogen and oxygen atoms in total. The standard InChI is InChI=1S/C9H20N2O2/c1-9(13-2)11-5-3-10(4-6-11)7-8-12/h9,12H,3-8H2,1-2H3. The predicted molar refractivity (Wildman–Crippen MR) is 51.6 cm³/mol. The molecule has 1 N–H and O–H groups in total. The predicted octanol–water partition coefficient (Wildman–Crippen LogP) is -0.411. The Hall–Kier alpha value is -0.160. The maximum Gasteiger partial charge on any atom is 0.107 e. The average molecular weight is 188 g/mol. The fraction of sp³-hybridized carbons (Fsp3) is 1.00. The third kappa shape index (κ3) is 3.23. The highest BCUT2D eigenvalue weighted by Crippen LogP contribution is 2.05. The van der Waals surface area contributed by atoms with Gasteiger partial charge in [-0.3, -0.25) is 9.80 Å². The number of methoxy groups -OCH3 is 1. The molecular formula is C9H20N2O2. The van der Waals surface area contributed by atoms with Crippen LogP contribution in [0.25, 0.3) is 0 Å². The lowest BCUT2D eigenvalue weighted by Gasteiger charge is -2.36. The van der Waals surface area contributed by atoms with Gasteiger partial charge < -0.3 is 9.84 Å². The molecule has 0 aromatic rings. The molecule has 1 heterocycles. The van der Waals surface area contributed by atoms with E-state index in [9.17, 15) is 0 Å². The molecule has 1 aliphatic rings. The molecule has 13 heavy (non-hydrogen) atoms. The molecule has 0 amide bonds. The zero-order chi connectivity index (χ0) is 9.68. The molecule has 1 unspecified atom stereocenters. The summed E-state index contributed by atoms with van der Waals surface area (Å²) < 4.78 is 5.24. The Morgan fingerprint density at radius 3 is 2.38 bits per heavy atom. The topological polar surface area (TPSA) is 35.9 Å². The Morgan fingerprint density at radius 1 is 1.31 bits per heavy atom. The van der Waals surface area contributed by atoms with E-state index >= 15 is 0 Å². The van der Waals surface area contributed by atoms with Crippen molar-refractivity contribution in [3.63, 3.8) is 0 Å². The number of piperazine rings is 1. The molecule has 1 rings (SSSR count). The number of hydrogen-bond acceptors (Lipinski definition) is 4. The summed E-state index contributed by atoms with van der Waals surface area (Å²) >= 11 is 0. The van der Waals surface area contributed by atoms with E-state index in [1.165, 1.54) is 0 Å². The van der Waals surface area contributed by atoms with Crippen molar-refractivity contribution in [1.29, 1.82) is 0 Å². The van der Waals surface area contributed by atoms with Crippen molar-refractivity contribution in [2.45, 2.75) is 13.2 Å². The molecule has 0 radical (unpaired) electrons. The lowest BCUT2D eigenvalue weighted by atomic mass is 10.3. The Labute approximate surface area is 80.1 Å². The van der Waals surface area contributed by atoms with E-state index in [4.69, 9.17) is 9.84 Å². The van der Waals surface area contributed by atoms with Crippen LogP contribution in [0.2, 0.25) is 0 Å². The van der Waals surface area contributed by atoms with Gasteiger partial charge in [-0.25, -0.2) is 0 Å². The van der Waals surface area contributed by atoms with Crippen molar-refractivity contribution in [1.82, 2.24) is 9.80 Å². The van der Waals surface area contributed by atoms with Crippen LogP contribution in [0, 0.1) is 0 Å². The molecule has 1 atom stereocenters. The number of ether oxygens (including phenoxy) is 1. The van der Waals surface area contributed by atoms with Crippen LogP contribution in [0.1, 0.15) is 6.92 Å². The monoisotopic (exact) mass is 188 g/mol. The third-order valence-electron chi connectivity index (χ3n) is 2.68. The van der Waals surface area contributed by atoms with Crippen molar-refractivity contribution in [2.75, 3.05) is 46.4 Å². The number of hydrogen-bond donors (Lipinski definition) is 1. The fourth-order valence-corrected chi connectivity index (χ4v) is 1.64. The van der Waals surface area contributed by atoms with Crippen LogP contribution in [0.3, 0.4) is 0 Å². The van der Waals surface area contributed by atoms with Crippen LogP contribution < -0.4 is 0 Å². The summed E-state index contributed by atoms with van der Waals surface area (Å²) in [6.07, 6.45) is 0.219. The number of nitrogens with zero attached hydrogens (tertiary/aromatic N) is 2. The minimum absolute atomic E-state index is 0.219. The van der Waals surface area contributed by atoms with Crippen LogP contribution in [0.4, 0.5) is 0 Å². The van der Waals surface area contributed by atoms with Crippen LogP contribution in [0.15, 0.2) is 0 Å². The van der Waals surface area contributed by atoms with Gasteiger partial charge in [-0.15, -0.1) is 0 Å². The molecule has 0 bridgehead atoms. The average Bonchev–Trinajstić information content (AvgIpc) is 2.18. The summed E-state index contributed by atoms with van der Waals surface area (Å²) in [5.74, 6) is 0. The Balaban J connectivity index is 2.22. The Morgan fingerprint density at radius 2 is 1.92 bits per heavy atom. The second kappa shape index (κ2) is 5.54. The van der Waals surface area contributed by atoms with Gasteiger partial charge in [0.2, 0.25) is 0 Å². The number of rotatable bonds is 4. The van der Waals surface area contributed by atoms with E-state index < -0.39 is 0 Å². The quantitative estimate of drug-likeness (QED) is 0.650. The number of β-amino-alcohol motifs (C(OH)–C–C–N with tert-alkyl or cyclic N) is 1.